The van der Waals surface area contributed by atoms with Crippen molar-refractivity contribution in [3.63, 3.8) is 0 Å². The van der Waals surface area contributed by atoms with Crippen molar-refractivity contribution in [3.8, 4) is 0 Å². The number of fused-ring (bicyclic) bond motifs is 2. The van der Waals surface area contributed by atoms with Gasteiger partial charge in [0.25, 0.3) is 25.2 Å². The second kappa shape index (κ2) is 11.2. The first-order valence-corrected chi connectivity index (χ1v) is 17.5. The molecule has 0 bridgehead atoms. The van der Waals surface area contributed by atoms with E-state index in [1.807, 2.05) is 51.9 Å². The van der Waals surface area contributed by atoms with Crippen LogP contribution < -0.4 is 9.47 Å². The molecule has 37 heavy (non-hydrogen) atoms. The highest BCUT2D eigenvalue weighted by Gasteiger charge is 2.30. The predicted octanol–water partition coefficient (Wildman–Crippen LogP) is 5.96. The van der Waals surface area contributed by atoms with E-state index in [1.54, 1.807) is 23.1 Å². The number of anilines is 1. The van der Waals surface area contributed by atoms with Crippen LogP contribution in [0.25, 0.3) is 16.3 Å². The molecule has 1 aliphatic rings. The van der Waals surface area contributed by atoms with Crippen LogP contribution in [0.3, 0.4) is 0 Å². The van der Waals surface area contributed by atoms with E-state index in [1.165, 1.54) is 13.8 Å². The highest BCUT2D eigenvalue weighted by molar-refractivity contribution is 9.10. The van der Waals surface area contributed by atoms with Crippen LogP contribution >= 0.6 is 55.0 Å². The molecule has 0 fully saturated rings. The van der Waals surface area contributed by atoms with Crippen molar-refractivity contribution in [2.75, 3.05) is 11.4 Å². The number of aromatic nitrogens is 1. The summed E-state index contributed by atoms with van der Waals surface area (Å²) in [5.74, 6) is 0. The van der Waals surface area contributed by atoms with Crippen molar-refractivity contribution >= 4 is 97.2 Å². The Kier molecular flexibility index (Phi) is 8.81. The number of nitrogens with zero attached hydrogens (tertiary/aromatic N) is 2. The number of hydrogen-bond donors (Lipinski definition) is 2. The van der Waals surface area contributed by atoms with Crippen molar-refractivity contribution in [1.29, 1.82) is 0 Å². The summed E-state index contributed by atoms with van der Waals surface area (Å²) in [7, 11) is -8.30. The Morgan fingerprint density at radius 1 is 0.973 bits per heavy atom. The van der Waals surface area contributed by atoms with Crippen molar-refractivity contribution < 1.29 is 30.5 Å². The molecular formula is C23H25Br2N2O6S4+. The predicted molar refractivity (Wildman–Crippen MR) is 156 cm³/mol. The van der Waals surface area contributed by atoms with E-state index < -0.39 is 30.7 Å². The fourth-order valence-corrected chi connectivity index (χ4v) is 7.64. The molecule has 2 unspecified atom stereocenters. The van der Waals surface area contributed by atoms with Crippen LogP contribution in [0.1, 0.15) is 31.7 Å². The van der Waals surface area contributed by atoms with Crippen LogP contribution in [0.5, 0.6) is 0 Å². The van der Waals surface area contributed by atoms with Gasteiger partial charge < -0.3 is 4.90 Å². The highest BCUT2D eigenvalue weighted by Crippen LogP contribution is 2.48. The lowest BCUT2D eigenvalue weighted by Crippen LogP contribution is -2.37. The summed E-state index contributed by atoms with van der Waals surface area (Å²) in [5, 5.41) is -0.0531. The smallest absolute Gasteiger partial charge is 0.267 e. The van der Waals surface area contributed by atoms with Crippen molar-refractivity contribution in [2.24, 2.45) is 0 Å². The Morgan fingerprint density at radius 3 is 2.27 bits per heavy atom. The monoisotopic (exact) mass is 711 g/mol. The number of aryl methyl sites for hydroxylation is 1. The van der Waals surface area contributed by atoms with Gasteiger partial charge in [0.05, 0.1) is 27.3 Å². The summed E-state index contributed by atoms with van der Waals surface area (Å²) in [6.07, 6.45) is 2.48. The molecule has 200 valence electrons. The first-order chi connectivity index (χ1) is 17.2. The van der Waals surface area contributed by atoms with Gasteiger partial charge in [-0.05, 0) is 50.6 Å². The van der Waals surface area contributed by atoms with Crippen LogP contribution in [0.15, 0.2) is 55.3 Å². The molecule has 1 aliphatic heterocycles. The molecular weight excluding hydrogens is 688 g/mol. The van der Waals surface area contributed by atoms with Gasteiger partial charge in [-0.15, -0.1) is 0 Å². The van der Waals surface area contributed by atoms with Crippen LogP contribution in [0, 0.1) is 0 Å². The Labute approximate surface area is 241 Å². The van der Waals surface area contributed by atoms with Gasteiger partial charge in [-0.2, -0.15) is 21.4 Å². The zero-order valence-electron chi connectivity index (χ0n) is 19.8. The molecule has 0 amide bonds. The van der Waals surface area contributed by atoms with Gasteiger partial charge in [0.2, 0.25) is 5.52 Å². The maximum absolute atomic E-state index is 11.6. The largest absolute Gasteiger partial charge is 0.335 e. The molecule has 2 heterocycles. The molecule has 0 aliphatic carbocycles. The van der Waals surface area contributed by atoms with Crippen molar-refractivity contribution in [1.82, 2.24) is 0 Å². The maximum Gasteiger partial charge on any atom is 0.267 e. The van der Waals surface area contributed by atoms with Gasteiger partial charge in [-0.3, -0.25) is 9.11 Å². The fraction of sp³-hybridized carbons (Fsp3) is 0.348. The van der Waals surface area contributed by atoms with Gasteiger partial charge in [0.1, 0.15) is 4.70 Å². The average Bonchev–Trinajstić information content (AvgIpc) is 3.31. The van der Waals surface area contributed by atoms with Gasteiger partial charge in [0.15, 0.2) is 6.54 Å². The molecule has 2 aromatic carbocycles. The van der Waals surface area contributed by atoms with Gasteiger partial charge in [0, 0.05) is 32.9 Å². The molecule has 4 rings (SSSR count). The van der Waals surface area contributed by atoms with E-state index in [2.05, 4.69) is 31.9 Å². The Bertz CT molecular complexity index is 1590. The van der Waals surface area contributed by atoms with Crippen LogP contribution in [-0.4, -0.2) is 43.0 Å². The third-order valence-corrected chi connectivity index (χ3v) is 11.9. The third kappa shape index (κ3) is 6.78. The summed E-state index contributed by atoms with van der Waals surface area (Å²) in [4.78, 5) is 3.06. The van der Waals surface area contributed by atoms with E-state index in [4.69, 9.17) is 0 Å². The molecule has 1 aromatic heterocycles. The fourth-order valence-electron chi connectivity index (χ4n) is 3.85. The minimum absolute atomic E-state index is 0.230. The molecule has 0 radical (unpaired) electrons. The number of hydrogen-bond acceptors (Lipinski definition) is 7. The molecule has 2 N–H and O–H groups in total. The second-order valence-electron chi connectivity index (χ2n) is 8.78. The lowest BCUT2D eigenvalue weighted by Gasteiger charge is -2.21. The summed E-state index contributed by atoms with van der Waals surface area (Å²) < 4.78 is 70.2. The van der Waals surface area contributed by atoms with Crippen molar-refractivity contribution in [2.45, 2.75) is 48.6 Å². The third-order valence-electron chi connectivity index (χ3n) is 6.17. The normalized spacial score (nSPS) is 16.9. The molecule has 0 spiro atoms. The van der Waals surface area contributed by atoms with Gasteiger partial charge in [-0.25, -0.2) is 0 Å². The number of halogens is 2. The van der Waals surface area contributed by atoms with E-state index in [0.717, 1.165) is 39.8 Å². The molecule has 2 atom stereocenters. The summed E-state index contributed by atoms with van der Waals surface area (Å²) in [5.41, 5.74) is 1.87. The first kappa shape index (κ1) is 29.0. The summed E-state index contributed by atoms with van der Waals surface area (Å²) in [6.45, 7) is 3.72. The van der Waals surface area contributed by atoms with E-state index in [0.29, 0.717) is 13.1 Å². The molecule has 14 heteroatoms. The van der Waals surface area contributed by atoms with Crippen LogP contribution in [0.2, 0.25) is 0 Å². The molecule has 3 aromatic rings. The number of thiazole rings is 1. The first-order valence-electron chi connectivity index (χ1n) is 11.2. The van der Waals surface area contributed by atoms with E-state index in [9.17, 15) is 25.9 Å². The summed E-state index contributed by atoms with van der Waals surface area (Å²) >= 11 is 10.2. The quantitative estimate of drug-likeness (QED) is 0.207. The van der Waals surface area contributed by atoms with Crippen LogP contribution in [0.4, 0.5) is 5.69 Å². The van der Waals surface area contributed by atoms with Gasteiger partial charge in [-0.1, -0.05) is 55.0 Å². The zero-order chi connectivity index (χ0) is 27.1. The number of thioether (sulfide) groups is 1. The Hall–Kier alpha value is -1.00. The zero-order valence-corrected chi connectivity index (χ0v) is 26.3. The second-order valence-corrected chi connectivity index (χ2v) is 16.4. The lowest BCUT2D eigenvalue weighted by atomic mass is 10.2. The standard InChI is InChI=1S/C23H24Br2N2O6S4/c1-14(36(28,29)30)7-9-26-18-11-16(24)3-5-20(18)34-22(26)13-23-27(10-8-15(2)37(31,32)33)19-12-17(25)4-6-21(19)35-23/h3-6,11-15H,7-10H2,1-2H3,(H-,28,29,30,31,32,33)/p+1. The molecule has 8 nitrogen and oxygen atoms in total. The number of rotatable bonds is 9. The van der Waals surface area contributed by atoms with E-state index >= 15 is 0 Å². The summed E-state index contributed by atoms with van der Waals surface area (Å²) in [6, 6.07) is 11.8. The number of benzene rings is 2. The van der Waals surface area contributed by atoms with Crippen LogP contribution in [-0.2, 0) is 26.8 Å². The highest BCUT2D eigenvalue weighted by atomic mass is 79.9. The molecule has 0 saturated heterocycles. The minimum Gasteiger partial charge on any atom is -0.335 e. The van der Waals surface area contributed by atoms with Crippen molar-refractivity contribution in [3.05, 3.63) is 55.4 Å². The topological polar surface area (TPSA) is 116 Å². The maximum atomic E-state index is 11.6. The average molecular weight is 714 g/mol. The SMILES string of the molecule is CC(CCN1C(=Cc2sc3ccc(Br)cc3[n+]2CCC(C)S(=O)(=O)O)Sc2ccc(Br)cc21)S(=O)(=O)O. The van der Waals surface area contributed by atoms with Gasteiger partial charge >= 0.3 is 0 Å². The lowest BCUT2D eigenvalue weighted by molar-refractivity contribution is -0.669. The van der Waals surface area contributed by atoms with E-state index in [-0.39, 0.29) is 12.8 Å². The molecule has 0 saturated carbocycles. The Balaban J connectivity index is 1.76. The minimum atomic E-state index is -4.15. The Morgan fingerprint density at radius 2 is 1.59 bits per heavy atom.